The Hall–Kier alpha value is -0.610. The molecule has 19 heavy (non-hydrogen) atoms. The lowest BCUT2D eigenvalue weighted by molar-refractivity contribution is -0.0138. The highest BCUT2D eigenvalue weighted by molar-refractivity contribution is 5.79. The van der Waals surface area contributed by atoms with Crippen molar-refractivity contribution in [1.29, 1.82) is 5.41 Å². The van der Waals surface area contributed by atoms with Crippen molar-refractivity contribution in [1.82, 2.24) is 14.9 Å². The molecule has 3 heterocycles. The number of piperidine rings is 3. The van der Waals surface area contributed by atoms with Gasteiger partial charge in [-0.15, -0.1) is 0 Å². The van der Waals surface area contributed by atoms with Gasteiger partial charge in [0, 0.05) is 32.1 Å². The molecule has 0 spiro atoms. The maximum absolute atomic E-state index is 8.10. The molecule has 4 heteroatoms. The van der Waals surface area contributed by atoms with Crippen LogP contribution in [0.5, 0.6) is 0 Å². The maximum atomic E-state index is 8.10. The van der Waals surface area contributed by atoms with E-state index in [4.69, 9.17) is 5.41 Å². The molecule has 3 fully saturated rings. The second-order valence-corrected chi connectivity index (χ2v) is 6.31. The van der Waals surface area contributed by atoms with E-state index in [-0.39, 0.29) is 0 Å². The average molecular weight is 264 g/mol. The van der Waals surface area contributed by atoms with Crippen molar-refractivity contribution in [3.05, 3.63) is 0 Å². The van der Waals surface area contributed by atoms with E-state index in [0.29, 0.717) is 0 Å². The highest BCUT2D eigenvalue weighted by atomic mass is 15.6. The Morgan fingerprint density at radius 1 is 0.789 bits per heavy atom. The van der Waals surface area contributed by atoms with E-state index in [1.807, 2.05) is 0 Å². The smallest absolute Gasteiger partial charge is 0.110 e. The first-order valence-electron chi connectivity index (χ1n) is 8.18. The van der Waals surface area contributed by atoms with Gasteiger partial charge in [0.2, 0.25) is 0 Å². The monoisotopic (exact) mass is 264 g/mol. The Kier molecular flexibility index (Phi) is 4.38. The zero-order valence-electron chi connectivity index (χ0n) is 12.1. The zero-order chi connectivity index (χ0) is 13.1. The van der Waals surface area contributed by atoms with Crippen LogP contribution in [-0.4, -0.2) is 59.5 Å². The number of hydrazine groups is 1. The Bertz CT molecular complexity index is 303. The molecule has 0 bridgehead atoms. The zero-order valence-corrected chi connectivity index (χ0v) is 12.1. The van der Waals surface area contributed by atoms with Crippen LogP contribution in [0.25, 0.3) is 0 Å². The molecule has 3 saturated heterocycles. The first-order chi connectivity index (χ1) is 9.34. The minimum absolute atomic E-state index is 0.815. The summed E-state index contributed by atoms with van der Waals surface area (Å²) in [5.74, 6) is 0.850. The summed E-state index contributed by atoms with van der Waals surface area (Å²) in [7, 11) is 0. The summed E-state index contributed by atoms with van der Waals surface area (Å²) in [5.41, 5.74) is 0. The predicted octanol–water partition coefficient (Wildman–Crippen LogP) is 2.31. The molecule has 3 aliphatic rings. The van der Waals surface area contributed by atoms with Crippen LogP contribution in [0.4, 0.5) is 0 Å². The summed E-state index contributed by atoms with van der Waals surface area (Å²) < 4.78 is 0. The fourth-order valence-corrected chi connectivity index (χ4v) is 3.87. The third-order valence-electron chi connectivity index (χ3n) is 5.03. The van der Waals surface area contributed by atoms with Crippen molar-refractivity contribution in [2.24, 2.45) is 0 Å². The molecule has 3 rings (SSSR count). The molecule has 0 aliphatic carbocycles. The van der Waals surface area contributed by atoms with Crippen LogP contribution in [0.3, 0.4) is 0 Å². The molecule has 0 aromatic carbocycles. The maximum Gasteiger partial charge on any atom is 0.110 e. The van der Waals surface area contributed by atoms with Crippen LogP contribution < -0.4 is 0 Å². The lowest BCUT2D eigenvalue weighted by atomic mass is 10.0. The molecule has 0 radical (unpaired) electrons. The third kappa shape index (κ3) is 3.11. The Balaban J connectivity index is 1.49. The van der Waals surface area contributed by atoms with Crippen LogP contribution in [0, 0.1) is 5.41 Å². The predicted molar refractivity (Wildman–Crippen MR) is 78.3 cm³/mol. The summed E-state index contributed by atoms with van der Waals surface area (Å²) >= 11 is 0. The first-order valence-corrected chi connectivity index (χ1v) is 8.18. The Labute approximate surface area is 117 Å². The second kappa shape index (κ2) is 6.23. The van der Waals surface area contributed by atoms with Crippen molar-refractivity contribution in [2.45, 2.75) is 57.4 Å². The van der Waals surface area contributed by atoms with Gasteiger partial charge in [-0.1, -0.05) is 6.42 Å². The normalized spacial score (nSPS) is 28.8. The molecule has 0 aromatic heterocycles. The fraction of sp³-hybridized carbons (Fsp3) is 0.933. The number of hydrogen-bond acceptors (Lipinski definition) is 3. The first kappa shape index (κ1) is 13.4. The minimum Gasteiger partial charge on any atom is -0.300 e. The standard InChI is InChI=1S/C15H28N4/c16-15-6-2-5-11-19(15)18-12-7-14(8-13-18)17-9-3-1-4-10-17/h14,16H,1-13H2. The Morgan fingerprint density at radius 3 is 2.16 bits per heavy atom. The number of likely N-dealkylation sites (tertiary alicyclic amines) is 1. The molecule has 0 unspecified atom stereocenters. The SMILES string of the molecule is N=C1CCCCN1N1CCC(N2CCCCC2)CC1. The number of rotatable bonds is 2. The van der Waals surface area contributed by atoms with Gasteiger partial charge in [-0.3, -0.25) is 10.4 Å². The molecule has 4 nitrogen and oxygen atoms in total. The van der Waals surface area contributed by atoms with Gasteiger partial charge < -0.3 is 4.90 Å². The molecule has 0 atom stereocenters. The van der Waals surface area contributed by atoms with E-state index < -0.39 is 0 Å². The number of hydrogen-bond donors (Lipinski definition) is 1. The van der Waals surface area contributed by atoms with Crippen molar-refractivity contribution in [2.75, 3.05) is 32.7 Å². The number of nitrogens with zero attached hydrogens (tertiary/aromatic N) is 3. The van der Waals surface area contributed by atoms with E-state index in [2.05, 4.69) is 14.9 Å². The van der Waals surface area contributed by atoms with Crippen LogP contribution in [0.15, 0.2) is 0 Å². The molecular formula is C15H28N4. The Morgan fingerprint density at radius 2 is 1.47 bits per heavy atom. The van der Waals surface area contributed by atoms with Crippen LogP contribution in [0.1, 0.15) is 51.4 Å². The van der Waals surface area contributed by atoms with Gasteiger partial charge in [-0.2, -0.15) is 0 Å². The van der Waals surface area contributed by atoms with Crippen LogP contribution >= 0.6 is 0 Å². The van der Waals surface area contributed by atoms with E-state index in [9.17, 15) is 0 Å². The van der Waals surface area contributed by atoms with E-state index >= 15 is 0 Å². The summed E-state index contributed by atoms with van der Waals surface area (Å²) in [6.07, 6.45) is 10.3. The van der Waals surface area contributed by atoms with Gasteiger partial charge in [0.25, 0.3) is 0 Å². The molecular weight excluding hydrogens is 236 g/mol. The molecule has 0 amide bonds. The molecule has 0 aromatic rings. The summed E-state index contributed by atoms with van der Waals surface area (Å²) in [6, 6.07) is 0.815. The third-order valence-corrected chi connectivity index (χ3v) is 5.03. The van der Waals surface area contributed by atoms with Gasteiger partial charge in [-0.25, -0.2) is 5.01 Å². The molecule has 1 N–H and O–H groups in total. The van der Waals surface area contributed by atoms with Crippen molar-refractivity contribution >= 4 is 5.84 Å². The van der Waals surface area contributed by atoms with E-state index in [1.54, 1.807) is 0 Å². The molecule has 108 valence electrons. The minimum atomic E-state index is 0.815. The number of amidine groups is 1. The van der Waals surface area contributed by atoms with Crippen LogP contribution in [0.2, 0.25) is 0 Å². The highest BCUT2D eigenvalue weighted by Crippen LogP contribution is 2.23. The largest absolute Gasteiger partial charge is 0.300 e. The van der Waals surface area contributed by atoms with Gasteiger partial charge in [0.1, 0.15) is 5.84 Å². The van der Waals surface area contributed by atoms with E-state index in [1.165, 1.54) is 58.0 Å². The summed E-state index contributed by atoms with van der Waals surface area (Å²) in [5, 5.41) is 12.8. The quantitative estimate of drug-likeness (QED) is 0.831. The van der Waals surface area contributed by atoms with Crippen LogP contribution in [-0.2, 0) is 0 Å². The fourth-order valence-electron chi connectivity index (χ4n) is 3.87. The van der Waals surface area contributed by atoms with Gasteiger partial charge in [-0.05, 0) is 51.6 Å². The lowest BCUT2D eigenvalue weighted by Crippen LogP contribution is -2.54. The average Bonchev–Trinajstić information content (AvgIpc) is 2.49. The molecule has 3 aliphatic heterocycles. The summed E-state index contributed by atoms with van der Waals surface area (Å²) in [6.45, 7) is 6.04. The van der Waals surface area contributed by atoms with E-state index in [0.717, 1.165) is 37.9 Å². The van der Waals surface area contributed by atoms with Crippen molar-refractivity contribution in [3.8, 4) is 0 Å². The summed E-state index contributed by atoms with van der Waals surface area (Å²) in [4.78, 5) is 2.72. The second-order valence-electron chi connectivity index (χ2n) is 6.31. The highest BCUT2D eigenvalue weighted by Gasteiger charge is 2.29. The van der Waals surface area contributed by atoms with Crippen molar-refractivity contribution in [3.63, 3.8) is 0 Å². The molecule has 0 saturated carbocycles. The van der Waals surface area contributed by atoms with Gasteiger partial charge in [0.15, 0.2) is 0 Å². The topological polar surface area (TPSA) is 33.6 Å². The van der Waals surface area contributed by atoms with Crippen molar-refractivity contribution < 1.29 is 0 Å². The number of nitrogens with one attached hydrogen (secondary N) is 1. The van der Waals surface area contributed by atoms with Gasteiger partial charge >= 0.3 is 0 Å². The van der Waals surface area contributed by atoms with Gasteiger partial charge in [0.05, 0.1) is 0 Å². The lowest BCUT2D eigenvalue weighted by Gasteiger charge is -2.45.